The molecule has 1 aliphatic carbocycles. The van der Waals surface area contributed by atoms with Gasteiger partial charge in [0, 0.05) is 44.0 Å². The van der Waals surface area contributed by atoms with Crippen LogP contribution in [0.15, 0.2) is 12.1 Å². The van der Waals surface area contributed by atoms with E-state index in [1.807, 2.05) is 6.07 Å². The quantitative estimate of drug-likeness (QED) is 0.0938. The molecule has 8 atom stereocenters. The Kier molecular flexibility index (Phi) is 16.3. The largest absolute Gasteiger partial charge is 0.504 e. The number of aliphatic hydroxyl groups is 4. The minimum atomic E-state index is -1.14. The Morgan fingerprint density at radius 3 is 2.46 bits per heavy atom. The highest BCUT2D eigenvalue weighted by atomic mass is 16.6. The topological polar surface area (TPSA) is 204 Å². The first-order chi connectivity index (χ1) is 26.9. The van der Waals surface area contributed by atoms with Crippen LogP contribution in [0.4, 0.5) is 0 Å². The predicted molar refractivity (Wildman–Crippen MR) is 209 cm³/mol. The zero-order valence-corrected chi connectivity index (χ0v) is 33.6. The number of carbonyl (C=O) groups excluding carboxylic acids is 3. The van der Waals surface area contributed by atoms with Crippen molar-refractivity contribution in [2.24, 2.45) is 23.2 Å². The van der Waals surface area contributed by atoms with Crippen LogP contribution in [0.1, 0.15) is 128 Å². The molecule has 3 aliphatic heterocycles. The van der Waals surface area contributed by atoms with Crippen molar-refractivity contribution in [3.8, 4) is 11.5 Å². The zero-order valence-electron chi connectivity index (χ0n) is 33.6. The van der Waals surface area contributed by atoms with Crippen molar-refractivity contribution in [2.45, 2.75) is 159 Å². The summed E-state index contributed by atoms with van der Waals surface area (Å²) in [6, 6.07) is 3.57. The fourth-order valence-electron chi connectivity index (χ4n) is 10.0. The zero-order chi connectivity index (χ0) is 40.3. The third-order valence-electron chi connectivity index (χ3n) is 13.2. The maximum atomic E-state index is 14.9. The summed E-state index contributed by atoms with van der Waals surface area (Å²) in [7, 11) is 0. The normalized spacial score (nSPS) is 25.9. The van der Waals surface area contributed by atoms with Crippen LogP contribution in [-0.2, 0) is 36.7 Å². The van der Waals surface area contributed by atoms with Gasteiger partial charge in [0.25, 0.3) is 0 Å². The molecule has 2 saturated heterocycles. The van der Waals surface area contributed by atoms with E-state index in [1.165, 1.54) is 6.92 Å². The molecule has 3 heterocycles. The summed E-state index contributed by atoms with van der Waals surface area (Å²) in [5.41, 5.74) is 0.0573. The van der Waals surface area contributed by atoms with Gasteiger partial charge in [-0.2, -0.15) is 0 Å². The first kappa shape index (κ1) is 44.1. The second-order valence-electron chi connectivity index (χ2n) is 17.3. The molecule has 56 heavy (non-hydrogen) atoms. The Morgan fingerprint density at radius 1 is 0.982 bits per heavy atom. The standard InChI is InChI=1S/C43H68N2O11/c1-28(48)8-9-31(10-13-34(50)7-5-22-46)37(55-29(2)49)25-38(56-41(53)43-17-4-3-6-33(43)12-15-39(52)45-43)42(18-20-44-21-19-42)26-32-11-14-36(51)40-35(32)24-30(16-23-47)27-54-40/h11,14,28,30-31,33-34,37-38,44,46-48,50-51H,3-10,12-13,15-27H2,1-2H3,(H,45,52)/t28-,30+,31+,33+,34+,37-,38+,43+/m0/s1. The number of phenolic OH excluding ortho intramolecular Hbond substituents is 1. The Morgan fingerprint density at radius 2 is 1.75 bits per heavy atom. The van der Waals surface area contributed by atoms with Crippen LogP contribution < -0.4 is 15.4 Å². The van der Waals surface area contributed by atoms with Gasteiger partial charge < -0.3 is 50.4 Å². The molecule has 5 rings (SSSR count). The van der Waals surface area contributed by atoms with Crippen molar-refractivity contribution in [3.63, 3.8) is 0 Å². The van der Waals surface area contributed by atoms with Gasteiger partial charge in [0.2, 0.25) is 5.91 Å². The number of aliphatic hydroxyl groups excluding tert-OH is 4. The number of hydrogen-bond acceptors (Lipinski definition) is 12. The Bertz CT molecular complexity index is 1450. The smallest absolute Gasteiger partial charge is 0.332 e. The van der Waals surface area contributed by atoms with Crippen LogP contribution in [0.25, 0.3) is 0 Å². The molecule has 1 aromatic carbocycles. The summed E-state index contributed by atoms with van der Waals surface area (Å²) >= 11 is 0. The van der Waals surface area contributed by atoms with Gasteiger partial charge in [-0.05, 0) is 139 Å². The lowest BCUT2D eigenvalue weighted by Crippen LogP contribution is -2.65. The SMILES string of the molecule is CC(=O)O[C@@H](C[C@@H](OC(=O)[C@@]12CCCC[C@@H]1CCC(=O)N2)C1(Cc2ccc(O)c3c2C[C@@H](CCO)CO3)CCNCC1)[C@@H](CC[C@H](O)CCCO)CC[C@H](C)O. The van der Waals surface area contributed by atoms with Crippen LogP contribution in [-0.4, -0.2) is 106 Å². The summed E-state index contributed by atoms with van der Waals surface area (Å²) in [5, 5.41) is 57.8. The molecule has 0 bridgehead atoms. The molecule has 7 N–H and O–H groups in total. The van der Waals surface area contributed by atoms with Crippen molar-refractivity contribution in [1.82, 2.24) is 10.6 Å². The lowest BCUT2D eigenvalue weighted by Gasteiger charge is -2.49. The number of benzene rings is 1. The number of nitrogens with one attached hydrogen (secondary N) is 2. The van der Waals surface area contributed by atoms with E-state index in [0.717, 1.165) is 30.4 Å². The van der Waals surface area contributed by atoms with E-state index >= 15 is 0 Å². The maximum Gasteiger partial charge on any atom is 0.332 e. The fourth-order valence-corrected chi connectivity index (χ4v) is 10.0. The Labute approximate surface area is 332 Å². The number of fused-ring (bicyclic) bond motifs is 2. The average molecular weight is 789 g/mol. The molecule has 0 radical (unpaired) electrons. The predicted octanol–water partition coefficient (Wildman–Crippen LogP) is 4.00. The van der Waals surface area contributed by atoms with E-state index in [4.69, 9.17) is 14.2 Å². The van der Waals surface area contributed by atoms with Crippen molar-refractivity contribution in [2.75, 3.05) is 32.9 Å². The first-order valence-electron chi connectivity index (χ1n) is 21.3. The highest BCUT2D eigenvalue weighted by molar-refractivity contribution is 5.90. The molecular weight excluding hydrogens is 720 g/mol. The average Bonchev–Trinajstić information content (AvgIpc) is 3.17. The number of phenols is 1. The number of ether oxygens (including phenoxy) is 3. The minimum absolute atomic E-state index is 0.0240. The van der Waals surface area contributed by atoms with E-state index in [2.05, 4.69) is 10.6 Å². The molecule has 0 spiro atoms. The molecule has 3 fully saturated rings. The number of carbonyl (C=O) groups is 3. The van der Waals surface area contributed by atoms with Gasteiger partial charge in [-0.15, -0.1) is 0 Å². The number of esters is 2. The van der Waals surface area contributed by atoms with Gasteiger partial charge in [0.1, 0.15) is 17.7 Å². The number of hydrogen-bond donors (Lipinski definition) is 7. The van der Waals surface area contributed by atoms with Crippen molar-refractivity contribution in [1.29, 1.82) is 0 Å². The van der Waals surface area contributed by atoms with Crippen molar-refractivity contribution in [3.05, 3.63) is 23.3 Å². The molecule has 1 saturated carbocycles. The summed E-state index contributed by atoms with van der Waals surface area (Å²) < 4.78 is 19.2. The van der Waals surface area contributed by atoms with Crippen LogP contribution in [0, 0.1) is 23.2 Å². The third-order valence-corrected chi connectivity index (χ3v) is 13.2. The second-order valence-corrected chi connectivity index (χ2v) is 17.3. The fraction of sp³-hybridized carbons (Fsp3) is 0.791. The molecule has 13 heteroatoms. The van der Waals surface area contributed by atoms with Crippen molar-refractivity contribution >= 4 is 17.8 Å². The lowest BCUT2D eigenvalue weighted by atomic mass is 9.66. The monoisotopic (exact) mass is 788 g/mol. The molecule has 0 aromatic heterocycles. The van der Waals surface area contributed by atoms with Crippen molar-refractivity contribution < 1.29 is 54.1 Å². The van der Waals surface area contributed by atoms with Gasteiger partial charge >= 0.3 is 11.9 Å². The third kappa shape index (κ3) is 11.2. The van der Waals surface area contributed by atoms with E-state index in [9.17, 15) is 39.9 Å². The van der Waals surface area contributed by atoms with E-state index in [-0.39, 0.29) is 49.0 Å². The number of rotatable bonds is 20. The number of aromatic hydroxyl groups is 1. The van der Waals surface area contributed by atoms with Gasteiger partial charge in [0.15, 0.2) is 11.5 Å². The molecule has 316 valence electrons. The number of amides is 1. The van der Waals surface area contributed by atoms with Gasteiger partial charge in [-0.1, -0.05) is 18.9 Å². The maximum absolute atomic E-state index is 14.9. The van der Waals surface area contributed by atoms with E-state index in [0.29, 0.717) is 115 Å². The van der Waals surface area contributed by atoms with E-state index in [1.54, 1.807) is 13.0 Å². The van der Waals surface area contributed by atoms with Gasteiger partial charge in [-0.25, -0.2) is 4.79 Å². The number of piperidine rings is 2. The van der Waals surface area contributed by atoms with Crippen LogP contribution in [0.2, 0.25) is 0 Å². The summed E-state index contributed by atoms with van der Waals surface area (Å²) in [6.45, 7) is 4.79. The molecule has 1 aromatic rings. The highest BCUT2D eigenvalue weighted by Crippen LogP contribution is 2.48. The molecule has 13 nitrogen and oxygen atoms in total. The van der Waals surface area contributed by atoms with Gasteiger partial charge in [-0.3, -0.25) is 9.59 Å². The highest BCUT2D eigenvalue weighted by Gasteiger charge is 2.54. The Balaban J connectivity index is 1.57. The summed E-state index contributed by atoms with van der Waals surface area (Å²) in [4.78, 5) is 40.8. The molecule has 1 amide bonds. The summed E-state index contributed by atoms with van der Waals surface area (Å²) in [5.74, 6) is -0.831. The van der Waals surface area contributed by atoms with Gasteiger partial charge in [0.05, 0.1) is 18.8 Å². The van der Waals surface area contributed by atoms with Crippen LogP contribution in [0.3, 0.4) is 0 Å². The molecule has 4 aliphatic rings. The van der Waals surface area contributed by atoms with Crippen LogP contribution in [0.5, 0.6) is 11.5 Å². The van der Waals surface area contributed by atoms with E-state index < -0.39 is 47.3 Å². The first-order valence-corrected chi connectivity index (χ1v) is 21.3. The molecule has 0 unspecified atom stereocenters. The lowest BCUT2D eigenvalue weighted by molar-refractivity contribution is -0.179. The second kappa shape index (κ2) is 20.6. The molecular formula is C43H68N2O11. The van der Waals surface area contributed by atoms with Crippen LogP contribution >= 0.6 is 0 Å². The summed E-state index contributed by atoms with van der Waals surface area (Å²) in [6.07, 6.45) is 7.19. The Hall–Kier alpha value is -2.97. The minimum Gasteiger partial charge on any atom is -0.504 e.